The van der Waals surface area contributed by atoms with Crippen molar-refractivity contribution >= 4 is 17.9 Å². The molecular weight excluding hydrogens is 328 g/mol. The largest absolute Gasteiger partial charge is 0.266 e. The van der Waals surface area contributed by atoms with Crippen LogP contribution in [0, 0.1) is 5.92 Å². The van der Waals surface area contributed by atoms with Crippen LogP contribution in [0.25, 0.3) is 11.6 Å². The SMILES string of the molecule is CC1=C(/C=C\c2cnccc2C2=CCCC=C2)C(C2=CCCC=C2)CC=N1. The number of aliphatic imine (C=N–C) groups is 1. The predicted molar refractivity (Wildman–Crippen MR) is 115 cm³/mol. The topological polar surface area (TPSA) is 25.2 Å². The maximum absolute atomic E-state index is 4.59. The van der Waals surface area contributed by atoms with Gasteiger partial charge in [0.25, 0.3) is 0 Å². The fourth-order valence-corrected chi connectivity index (χ4v) is 3.99. The summed E-state index contributed by atoms with van der Waals surface area (Å²) in [6.45, 7) is 2.12. The predicted octanol–water partition coefficient (Wildman–Crippen LogP) is 6.47. The normalized spacial score (nSPS) is 22.3. The molecule has 0 bridgehead atoms. The zero-order chi connectivity index (χ0) is 18.5. The maximum Gasteiger partial charge on any atom is 0.0407 e. The minimum absolute atomic E-state index is 0.407. The van der Waals surface area contributed by atoms with Crippen molar-refractivity contribution in [3.63, 3.8) is 0 Å². The molecule has 0 saturated carbocycles. The lowest BCUT2D eigenvalue weighted by Crippen LogP contribution is -2.12. The van der Waals surface area contributed by atoms with Gasteiger partial charge in [-0.2, -0.15) is 0 Å². The van der Waals surface area contributed by atoms with Crippen molar-refractivity contribution < 1.29 is 0 Å². The van der Waals surface area contributed by atoms with Gasteiger partial charge >= 0.3 is 0 Å². The van der Waals surface area contributed by atoms with Crippen LogP contribution in [0.15, 0.2) is 82.8 Å². The molecule has 1 unspecified atom stereocenters. The molecule has 0 N–H and O–H groups in total. The van der Waals surface area contributed by atoms with Gasteiger partial charge in [0.1, 0.15) is 0 Å². The Labute approximate surface area is 162 Å². The number of hydrogen-bond acceptors (Lipinski definition) is 2. The Hall–Kier alpha value is -2.74. The summed E-state index contributed by atoms with van der Waals surface area (Å²) >= 11 is 0. The Kier molecular flexibility index (Phi) is 5.43. The second-order valence-electron chi connectivity index (χ2n) is 7.26. The van der Waals surface area contributed by atoms with Crippen molar-refractivity contribution in [1.82, 2.24) is 4.98 Å². The van der Waals surface area contributed by atoms with E-state index in [-0.39, 0.29) is 0 Å². The number of aromatic nitrogens is 1. The van der Waals surface area contributed by atoms with Crippen LogP contribution in [-0.4, -0.2) is 11.2 Å². The van der Waals surface area contributed by atoms with Gasteiger partial charge in [-0.25, -0.2) is 0 Å². The van der Waals surface area contributed by atoms with E-state index in [0.29, 0.717) is 5.92 Å². The fraction of sp³-hybridized carbons (Fsp3) is 0.280. The van der Waals surface area contributed by atoms with Gasteiger partial charge in [0.15, 0.2) is 0 Å². The van der Waals surface area contributed by atoms with Crippen LogP contribution in [0.4, 0.5) is 0 Å². The van der Waals surface area contributed by atoms with E-state index in [1.807, 2.05) is 12.4 Å². The Morgan fingerprint density at radius 3 is 2.63 bits per heavy atom. The molecule has 2 aliphatic carbocycles. The Balaban J connectivity index is 1.66. The van der Waals surface area contributed by atoms with E-state index in [0.717, 1.165) is 43.4 Å². The fourth-order valence-electron chi connectivity index (χ4n) is 3.99. The summed E-state index contributed by atoms with van der Waals surface area (Å²) < 4.78 is 0. The lowest BCUT2D eigenvalue weighted by molar-refractivity contribution is 0.751. The van der Waals surface area contributed by atoms with E-state index in [2.05, 4.69) is 77.8 Å². The Bertz CT molecular complexity index is 919. The zero-order valence-corrected chi connectivity index (χ0v) is 15.9. The van der Waals surface area contributed by atoms with E-state index in [9.17, 15) is 0 Å². The second kappa shape index (κ2) is 8.30. The van der Waals surface area contributed by atoms with Crippen molar-refractivity contribution in [1.29, 1.82) is 0 Å². The van der Waals surface area contributed by atoms with Crippen molar-refractivity contribution in [2.24, 2.45) is 10.9 Å². The molecule has 1 aromatic heterocycles. The summed E-state index contributed by atoms with van der Waals surface area (Å²) in [5.41, 5.74) is 7.57. The standard InChI is InChI=1S/C25H26N2/c1-19-23(25(15-17-27-19)21-10-6-3-7-11-21)13-12-22-18-26-16-14-24(22)20-8-4-2-5-9-20/h4,6,8-14,16-18,25H,2-3,5,7,15H2,1H3/b13-12-. The van der Waals surface area contributed by atoms with E-state index < -0.39 is 0 Å². The van der Waals surface area contributed by atoms with Crippen LogP contribution < -0.4 is 0 Å². The van der Waals surface area contributed by atoms with Crippen molar-refractivity contribution in [2.75, 3.05) is 0 Å². The minimum atomic E-state index is 0.407. The van der Waals surface area contributed by atoms with Gasteiger partial charge in [-0.1, -0.05) is 48.6 Å². The first-order valence-electron chi connectivity index (χ1n) is 9.92. The van der Waals surface area contributed by atoms with Crippen molar-refractivity contribution in [2.45, 2.75) is 39.0 Å². The van der Waals surface area contributed by atoms with Gasteiger partial charge in [0.2, 0.25) is 0 Å². The van der Waals surface area contributed by atoms with Crippen LogP contribution in [0.5, 0.6) is 0 Å². The average Bonchev–Trinajstić information content (AvgIpc) is 2.74. The molecule has 136 valence electrons. The molecule has 0 saturated heterocycles. The third-order valence-electron chi connectivity index (χ3n) is 5.45. The molecule has 0 radical (unpaired) electrons. The molecular formula is C25H26N2. The van der Waals surface area contributed by atoms with Crippen LogP contribution >= 0.6 is 0 Å². The summed E-state index contributed by atoms with van der Waals surface area (Å²) in [4.78, 5) is 8.96. The van der Waals surface area contributed by atoms with E-state index in [4.69, 9.17) is 0 Å². The lowest BCUT2D eigenvalue weighted by Gasteiger charge is -2.24. The van der Waals surface area contributed by atoms with Crippen molar-refractivity contribution in [3.05, 3.63) is 89.0 Å². The van der Waals surface area contributed by atoms with E-state index in [1.54, 1.807) is 0 Å². The molecule has 0 spiro atoms. The molecule has 2 heteroatoms. The summed E-state index contributed by atoms with van der Waals surface area (Å²) in [7, 11) is 0. The monoisotopic (exact) mass is 354 g/mol. The van der Waals surface area contributed by atoms with E-state index in [1.165, 1.54) is 22.3 Å². The summed E-state index contributed by atoms with van der Waals surface area (Å²) in [5, 5.41) is 0. The molecule has 1 aliphatic heterocycles. The Morgan fingerprint density at radius 1 is 1.00 bits per heavy atom. The highest BCUT2D eigenvalue weighted by Crippen LogP contribution is 2.34. The number of hydrogen-bond donors (Lipinski definition) is 0. The molecule has 3 aliphatic rings. The highest BCUT2D eigenvalue weighted by atomic mass is 14.7. The first-order chi connectivity index (χ1) is 13.3. The van der Waals surface area contributed by atoms with Crippen LogP contribution in [-0.2, 0) is 0 Å². The molecule has 0 aromatic carbocycles. The first kappa shape index (κ1) is 17.7. The number of nitrogens with zero attached hydrogens (tertiary/aromatic N) is 2. The third kappa shape index (κ3) is 4.00. The van der Waals surface area contributed by atoms with Crippen LogP contribution in [0.3, 0.4) is 0 Å². The minimum Gasteiger partial charge on any atom is -0.266 e. The molecule has 2 nitrogen and oxygen atoms in total. The maximum atomic E-state index is 4.59. The van der Waals surface area contributed by atoms with E-state index >= 15 is 0 Å². The van der Waals surface area contributed by atoms with Crippen LogP contribution in [0.1, 0.15) is 50.2 Å². The average molecular weight is 354 g/mol. The van der Waals surface area contributed by atoms with Gasteiger partial charge in [0.05, 0.1) is 0 Å². The van der Waals surface area contributed by atoms with Crippen molar-refractivity contribution in [3.8, 4) is 0 Å². The second-order valence-corrected chi connectivity index (χ2v) is 7.26. The highest BCUT2D eigenvalue weighted by molar-refractivity contribution is 5.80. The van der Waals surface area contributed by atoms with Gasteiger partial charge in [-0.15, -0.1) is 0 Å². The molecule has 0 amide bonds. The molecule has 2 heterocycles. The van der Waals surface area contributed by atoms with Gasteiger partial charge < -0.3 is 0 Å². The highest BCUT2D eigenvalue weighted by Gasteiger charge is 2.21. The number of allylic oxidation sites excluding steroid dienone is 11. The molecule has 0 fully saturated rings. The third-order valence-corrected chi connectivity index (χ3v) is 5.45. The molecule has 1 atom stereocenters. The first-order valence-corrected chi connectivity index (χ1v) is 9.92. The van der Waals surface area contributed by atoms with Gasteiger partial charge in [-0.05, 0) is 67.4 Å². The molecule has 1 aromatic rings. The number of rotatable bonds is 4. The lowest BCUT2D eigenvalue weighted by atomic mass is 9.83. The summed E-state index contributed by atoms with van der Waals surface area (Å²) in [6, 6.07) is 2.12. The van der Waals surface area contributed by atoms with Crippen LogP contribution in [0.2, 0.25) is 0 Å². The van der Waals surface area contributed by atoms with Gasteiger partial charge in [0, 0.05) is 35.8 Å². The molecule has 4 rings (SSSR count). The quantitative estimate of drug-likeness (QED) is 0.608. The Morgan fingerprint density at radius 2 is 1.85 bits per heavy atom. The number of pyridine rings is 1. The smallest absolute Gasteiger partial charge is 0.0407 e. The van der Waals surface area contributed by atoms with Gasteiger partial charge in [-0.3, -0.25) is 9.98 Å². The zero-order valence-electron chi connectivity index (χ0n) is 15.9. The molecule has 27 heavy (non-hydrogen) atoms. The summed E-state index contributed by atoms with van der Waals surface area (Å²) in [6.07, 6.45) is 29.7. The summed E-state index contributed by atoms with van der Waals surface area (Å²) in [5.74, 6) is 0.407.